The number of pyridine rings is 1. The molecule has 1 N–H and O–H groups in total. The number of aryl methyl sites for hydroxylation is 2. The smallest absolute Gasteiger partial charge is 0.129 e. The molecule has 13 heavy (non-hydrogen) atoms. The molecule has 0 aliphatic rings. The zero-order valence-corrected chi connectivity index (χ0v) is 8.67. The molecule has 0 unspecified atom stereocenters. The van der Waals surface area contributed by atoms with Gasteiger partial charge in [-0.2, -0.15) is 0 Å². The molecule has 0 aliphatic heterocycles. The van der Waals surface area contributed by atoms with Gasteiger partial charge in [0.2, 0.25) is 0 Å². The van der Waals surface area contributed by atoms with E-state index in [2.05, 4.69) is 4.98 Å². The summed E-state index contributed by atoms with van der Waals surface area (Å²) < 4.78 is 0. The first-order valence-corrected chi connectivity index (χ1v) is 4.76. The highest BCUT2D eigenvalue weighted by molar-refractivity contribution is 6.29. The van der Waals surface area contributed by atoms with Crippen LogP contribution >= 0.6 is 11.6 Å². The van der Waals surface area contributed by atoms with E-state index in [4.69, 9.17) is 16.7 Å². The van der Waals surface area contributed by atoms with E-state index in [9.17, 15) is 0 Å². The molecule has 0 amide bonds. The Bertz CT molecular complexity index is 286. The van der Waals surface area contributed by atoms with Crippen molar-refractivity contribution in [2.24, 2.45) is 0 Å². The molecule has 0 aromatic carbocycles. The second kappa shape index (κ2) is 4.58. The van der Waals surface area contributed by atoms with Crippen LogP contribution in [0.4, 0.5) is 0 Å². The van der Waals surface area contributed by atoms with Crippen LogP contribution in [0.25, 0.3) is 0 Å². The molecule has 0 saturated heterocycles. The Morgan fingerprint density at radius 1 is 1.62 bits per heavy atom. The normalized spacial score (nSPS) is 12.9. The first-order chi connectivity index (χ1) is 6.09. The maximum atomic E-state index is 9.13. The number of hydrogen-bond donors (Lipinski definition) is 1. The fourth-order valence-electron chi connectivity index (χ4n) is 1.17. The van der Waals surface area contributed by atoms with E-state index in [-0.39, 0.29) is 6.10 Å². The third-order valence-electron chi connectivity index (χ3n) is 2.01. The van der Waals surface area contributed by atoms with Crippen molar-refractivity contribution in [1.82, 2.24) is 4.98 Å². The van der Waals surface area contributed by atoms with Crippen LogP contribution in [-0.2, 0) is 6.42 Å². The summed E-state index contributed by atoms with van der Waals surface area (Å²) in [5.41, 5.74) is 2.30. The van der Waals surface area contributed by atoms with Crippen molar-refractivity contribution in [3.63, 3.8) is 0 Å². The van der Waals surface area contributed by atoms with Crippen molar-refractivity contribution in [3.05, 3.63) is 28.5 Å². The number of halogens is 1. The number of rotatable bonds is 3. The predicted octanol–water partition coefficient (Wildman–Crippen LogP) is 2.36. The topological polar surface area (TPSA) is 33.1 Å². The van der Waals surface area contributed by atoms with Gasteiger partial charge in [-0.25, -0.2) is 4.98 Å². The van der Waals surface area contributed by atoms with Crippen molar-refractivity contribution >= 4 is 11.6 Å². The highest BCUT2D eigenvalue weighted by atomic mass is 35.5. The monoisotopic (exact) mass is 199 g/mol. The van der Waals surface area contributed by atoms with Crippen molar-refractivity contribution in [2.75, 3.05) is 0 Å². The predicted molar refractivity (Wildman–Crippen MR) is 54.0 cm³/mol. The largest absolute Gasteiger partial charge is 0.393 e. The summed E-state index contributed by atoms with van der Waals surface area (Å²) in [4.78, 5) is 3.97. The summed E-state index contributed by atoms with van der Waals surface area (Å²) in [6, 6.07) is 1.86. The van der Waals surface area contributed by atoms with Gasteiger partial charge in [-0.3, -0.25) is 0 Å². The summed E-state index contributed by atoms with van der Waals surface area (Å²) in [7, 11) is 0. The van der Waals surface area contributed by atoms with E-state index in [1.54, 1.807) is 13.1 Å². The van der Waals surface area contributed by atoms with E-state index in [0.717, 1.165) is 18.4 Å². The molecular formula is C10H14ClNO. The molecule has 0 fully saturated rings. The maximum absolute atomic E-state index is 9.13. The lowest BCUT2D eigenvalue weighted by Gasteiger charge is -2.07. The van der Waals surface area contributed by atoms with E-state index in [1.165, 1.54) is 5.56 Å². The van der Waals surface area contributed by atoms with Gasteiger partial charge in [0.1, 0.15) is 5.15 Å². The van der Waals surface area contributed by atoms with Gasteiger partial charge >= 0.3 is 0 Å². The first-order valence-electron chi connectivity index (χ1n) is 4.38. The highest BCUT2D eigenvalue weighted by Crippen LogP contribution is 2.14. The van der Waals surface area contributed by atoms with Gasteiger partial charge in [0.05, 0.1) is 6.10 Å². The zero-order valence-electron chi connectivity index (χ0n) is 7.92. The summed E-state index contributed by atoms with van der Waals surface area (Å²) in [5, 5.41) is 9.64. The highest BCUT2D eigenvalue weighted by Gasteiger charge is 2.02. The zero-order chi connectivity index (χ0) is 9.84. The molecule has 1 aromatic heterocycles. The molecule has 1 heterocycles. The second-order valence-electron chi connectivity index (χ2n) is 3.32. The van der Waals surface area contributed by atoms with E-state index in [1.807, 2.05) is 13.0 Å². The molecule has 1 aromatic rings. The van der Waals surface area contributed by atoms with Crippen molar-refractivity contribution < 1.29 is 5.11 Å². The van der Waals surface area contributed by atoms with Gasteiger partial charge in [0, 0.05) is 6.20 Å². The van der Waals surface area contributed by atoms with Crippen LogP contribution in [0.15, 0.2) is 12.3 Å². The van der Waals surface area contributed by atoms with Crippen LogP contribution in [0, 0.1) is 6.92 Å². The number of aromatic nitrogens is 1. The van der Waals surface area contributed by atoms with E-state index in [0.29, 0.717) is 5.15 Å². The third kappa shape index (κ3) is 3.33. The first kappa shape index (κ1) is 10.5. The van der Waals surface area contributed by atoms with Gasteiger partial charge in [0.25, 0.3) is 0 Å². The Hall–Kier alpha value is -0.600. The lowest BCUT2D eigenvalue weighted by atomic mass is 10.0. The number of aliphatic hydroxyl groups is 1. The van der Waals surface area contributed by atoms with Crippen molar-refractivity contribution in [2.45, 2.75) is 32.8 Å². The third-order valence-corrected chi connectivity index (χ3v) is 2.22. The Labute approximate surface area is 83.6 Å². The fraction of sp³-hybridized carbons (Fsp3) is 0.500. The minimum absolute atomic E-state index is 0.258. The van der Waals surface area contributed by atoms with Crippen LogP contribution in [0.1, 0.15) is 24.5 Å². The fourth-order valence-corrected chi connectivity index (χ4v) is 1.35. The Kier molecular flexibility index (Phi) is 3.70. The van der Waals surface area contributed by atoms with Crippen LogP contribution < -0.4 is 0 Å². The van der Waals surface area contributed by atoms with Crippen LogP contribution in [0.2, 0.25) is 5.15 Å². The van der Waals surface area contributed by atoms with E-state index >= 15 is 0 Å². The molecule has 0 spiro atoms. The summed E-state index contributed by atoms with van der Waals surface area (Å²) in [6.45, 7) is 3.79. The molecular weight excluding hydrogens is 186 g/mol. The van der Waals surface area contributed by atoms with Crippen molar-refractivity contribution in [3.8, 4) is 0 Å². The molecule has 0 radical (unpaired) electrons. The molecule has 72 valence electrons. The quantitative estimate of drug-likeness (QED) is 0.759. The molecule has 1 rings (SSSR count). The Morgan fingerprint density at radius 3 is 2.92 bits per heavy atom. The lowest BCUT2D eigenvalue weighted by molar-refractivity contribution is 0.185. The number of nitrogens with zero attached hydrogens (tertiary/aromatic N) is 1. The second-order valence-corrected chi connectivity index (χ2v) is 3.71. The van der Waals surface area contributed by atoms with Crippen molar-refractivity contribution in [1.29, 1.82) is 0 Å². The van der Waals surface area contributed by atoms with Crippen LogP contribution in [-0.4, -0.2) is 16.2 Å². The van der Waals surface area contributed by atoms with Gasteiger partial charge in [-0.1, -0.05) is 11.6 Å². The Balaban J connectivity index is 2.70. The van der Waals surface area contributed by atoms with Gasteiger partial charge < -0.3 is 5.11 Å². The molecule has 3 heteroatoms. The van der Waals surface area contributed by atoms with Crippen LogP contribution in [0.5, 0.6) is 0 Å². The Morgan fingerprint density at radius 2 is 2.31 bits per heavy atom. The summed E-state index contributed by atoms with van der Waals surface area (Å²) >= 11 is 5.76. The van der Waals surface area contributed by atoms with Gasteiger partial charge in [0.15, 0.2) is 0 Å². The lowest BCUT2D eigenvalue weighted by Crippen LogP contribution is -2.02. The average Bonchev–Trinajstić information content (AvgIpc) is 2.06. The SMILES string of the molecule is Cc1cnc(Cl)cc1CC[C@@H](C)O. The number of hydrogen-bond acceptors (Lipinski definition) is 2. The average molecular weight is 200 g/mol. The minimum atomic E-state index is -0.258. The van der Waals surface area contributed by atoms with Gasteiger partial charge in [-0.15, -0.1) is 0 Å². The molecule has 1 atom stereocenters. The van der Waals surface area contributed by atoms with Crippen LogP contribution in [0.3, 0.4) is 0 Å². The minimum Gasteiger partial charge on any atom is -0.393 e. The molecule has 0 bridgehead atoms. The van der Waals surface area contributed by atoms with E-state index < -0.39 is 0 Å². The molecule has 2 nitrogen and oxygen atoms in total. The maximum Gasteiger partial charge on any atom is 0.129 e. The summed E-state index contributed by atoms with van der Waals surface area (Å²) in [5.74, 6) is 0. The standard InChI is InChI=1S/C10H14ClNO/c1-7-6-12-10(11)5-9(7)4-3-8(2)13/h5-6,8,13H,3-4H2,1-2H3/t8-/m1/s1. The molecule has 0 saturated carbocycles. The van der Waals surface area contributed by atoms with Gasteiger partial charge in [-0.05, 0) is 43.9 Å². The number of aliphatic hydroxyl groups excluding tert-OH is 1. The summed E-state index contributed by atoms with van der Waals surface area (Å²) in [6.07, 6.45) is 3.12. The molecule has 0 aliphatic carbocycles.